The molecule has 0 aliphatic heterocycles. The molecule has 1 aromatic rings. The molecule has 0 amide bonds. The molecule has 0 unspecified atom stereocenters. The van der Waals surface area contributed by atoms with Crippen molar-refractivity contribution in [3.05, 3.63) is 17.2 Å². The molecule has 1 fully saturated rings. The van der Waals surface area contributed by atoms with Crippen LogP contribution < -0.4 is 0 Å². The van der Waals surface area contributed by atoms with Gasteiger partial charge in [0.1, 0.15) is 11.2 Å². The zero-order chi connectivity index (χ0) is 11.1. The monoisotopic (exact) mass is 208 g/mol. The van der Waals surface area contributed by atoms with Crippen molar-refractivity contribution in [2.75, 3.05) is 7.11 Å². The maximum absolute atomic E-state index is 11.6. The third kappa shape index (κ3) is 1.44. The Bertz CT molecular complexity index is 391. The molecule has 0 spiro atoms. The molecule has 1 N–H and O–H groups in total. The lowest BCUT2D eigenvalue weighted by Crippen LogP contribution is -2.23. The molecule has 1 heterocycles. The molecule has 0 radical (unpaired) electrons. The van der Waals surface area contributed by atoms with Gasteiger partial charge in [0.25, 0.3) is 0 Å². The van der Waals surface area contributed by atoms with E-state index >= 15 is 0 Å². The first kappa shape index (κ1) is 10.2. The summed E-state index contributed by atoms with van der Waals surface area (Å²) < 4.78 is 4.82. The summed E-state index contributed by atoms with van der Waals surface area (Å²) in [7, 11) is 1.43. The summed E-state index contributed by atoms with van der Waals surface area (Å²) in [6.07, 6.45) is 2.57. The number of hydrogen-bond acceptors (Lipinski definition) is 3. The highest BCUT2D eigenvalue weighted by atomic mass is 16.5. The van der Waals surface area contributed by atoms with Gasteiger partial charge >= 0.3 is 5.97 Å². The van der Waals surface area contributed by atoms with Crippen LogP contribution in [-0.2, 0) is 21.4 Å². The predicted octanol–water partition coefficient (Wildman–Crippen LogP) is 1.49. The third-order valence-electron chi connectivity index (χ3n) is 3.10. The minimum atomic E-state index is -0.465. The van der Waals surface area contributed by atoms with Gasteiger partial charge in [-0.25, -0.2) is 4.98 Å². The Balaban J connectivity index is 2.33. The topological polar surface area (TPSA) is 55.0 Å². The molecule has 82 valence electrons. The quantitative estimate of drug-likeness (QED) is 0.765. The first-order valence-electron chi connectivity index (χ1n) is 5.28. The number of ether oxygens (including phenoxy) is 1. The van der Waals surface area contributed by atoms with Crippen LogP contribution in [0.3, 0.4) is 0 Å². The number of carbonyl (C=O) groups excluding carboxylic acids is 1. The Hall–Kier alpha value is -1.32. The van der Waals surface area contributed by atoms with Crippen molar-refractivity contribution in [3.8, 4) is 0 Å². The van der Waals surface area contributed by atoms with Crippen molar-refractivity contribution < 1.29 is 9.53 Å². The van der Waals surface area contributed by atoms with E-state index in [1.54, 1.807) is 0 Å². The van der Waals surface area contributed by atoms with Crippen LogP contribution in [0.25, 0.3) is 0 Å². The molecule has 0 atom stereocenters. The lowest BCUT2D eigenvalue weighted by Gasteiger charge is -2.08. The first-order valence-corrected chi connectivity index (χ1v) is 5.28. The first-order chi connectivity index (χ1) is 7.14. The van der Waals surface area contributed by atoms with E-state index in [0.29, 0.717) is 0 Å². The number of carbonyl (C=O) groups is 1. The zero-order valence-corrected chi connectivity index (χ0v) is 9.39. The van der Waals surface area contributed by atoms with Crippen molar-refractivity contribution in [2.45, 2.75) is 38.5 Å². The van der Waals surface area contributed by atoms with Crippen LogP contribution in [0.1, 0.15) is 37.0 Å². The molecule has 1 aliphatic rings. The van der Waals surface area contributed by atoms with E-state index in [1.807, 2.05) is 6.92 Å². The lowest BCUT2D eigenvalue weighted by atomic mass is 10.1. The highest BCUT2D eigenvalue weighted by Gasteiger charge is 2.55. The lowest BCUT2D eigenvalue weighted by molar-refractivity contribution is -0.143. The van der Waals surface area contributed by atoms with Crippen molar-refractivity contribution >= 4 is 5.97 Å². The fraction of sp³-hybridized carbons (Fsp3) is 0.636. The number of aromatic amines is 1. The Kier molecular flexibility index (Phi) is 2.29. The van der Waals surface area contributed by atoms with E-state index in [-0.39, 0.29) is 5.97 Å². The summed E-state index contributed by atoms with van der Waals surface area (Å²) in [5.41, 5.74) is 1.63. The predicted molar refractivity (Wildman–Crippen MR) is 55.6 cm³/mol. The minimum Gasteiger partial charge on any atom is -0.468 e. The molecular weight excluding hydrogens is 192 g/mol. The van der Waals surface area contributed by atoms with Gasteiger partial charge < -0.3 is 9.72 Å². The van der Waals surface area contributed by atoms with Crippen LogP contribution in [0, 0.1) is 6.92 Å². The number of H-pyrrole nitrogens is 1. The van der Waals surface area contributed by atoms with Gasteiger partial charge in [0, 0.05) is 5.69 Å². The van der Waals surface area contributed by atoms with Gasteiger partial charge in [0.15, 0.2) is 0 Å². The maximum atomic E-state index is 11.6. The number of nitrogens with one attached hydrogen (secondary N) is 1. The van der Waals surface area contributed by atoms with E-state index < -0.39 is 5.41 Å². The van der Waals surface area contributed by atoms with Gasteiger partial charge in [-0.15, -0.1) is 0 Å². The van der Waals surface area contributed by atoms with Gasteiger partial charge in [0.05, 0.1) is 12.8 Å². The number of aryl methyl sites for hydroxylation is 2. The number of esters is 1. The number of imidazole rings is 1. The van der Waals surface area contributed by atoms with Crippen LogP contribution in [0.4, 0.5) is 0 Å². The Morgan fingerprint density at radius 2 is 2.27 bits per heavy atom. The van der Waals surface area contributed by atoms with Gasteiger partial charge in [-0.05, 0) is 26.2 Å². The second-order valence-electron chi connectivity index (χ2n) is 4.08. The number of aromatic nitrogens is 2. The van der Waals surface area contributed by atoms with Gasteiger partial charge in [-0.3, -0.25) is 4.79 Å². The molecule has 4 nitrogen and oxygen atoms in total. The summed E-state index contributed by atoms with van der Waals surface area (Å²) in [6, 6.07) is 0. The SMILES string of the molecule is CCc1nc(C2(C(=O)OC)CC2)[nH]c1C. The standard InChI is InChI=1S/C11H16N2O2/c1-4-8-7(2)12-9(13-8)11(5-6-11)10(14)15-3/h4-6H2,1-3H3,(H,12,13). The molecule has 2 rings (SSSR count). The molecule has 4 heteroatoms. The Labute approximate surface area is 89.0 Å². The largest absolute Gasteiger partial charge is 0.468 e. The normalized spacial score (nSPS) is 17.5. The van der Waals surface area contributed by atoms with Crippen molar-refractivity contribution in [3.63, 3.8) is 0 Å². The Morgan fingerprint density at radius 3 is 2.67 bits per heavy atom. The molecule has 1 aromatic heterocycles. The average Bonchev–Trinajstić information content (AvgIpc) is 2.97. The van der Waals surface area contributed by atoms with Crippen LogP contribution in [0.15, 0.2) is 0 Å². The maximum Gasteiger partial charge on any atom is 0.319 e. The third-order valence-corrected chi connectivity index (χ3v) is 3.10. The number of hydrogen-bond donors (Lipinski definition) is 1. The summed E-state index contributed by atoms with van der Waals surface area (Å²) >= 11 is 0. The summed E-state index contributed by atoms with van der Waals surface area (Å²) in [4.78, 5) is 19.3. The zero-order valence-electron chi connectivity index (χ0n) is 9.39. The number of methoxy groups -OCH3 is 1. The van der Waals surface area contributed by atoms with Crippen LogP contribution in [-0.4, -0.2) is 23.0 Å². The average molecular weight is 208 g/mol. The number of rotatable bonds is 3. The van der Waals surface area contributed by atoms with E-state index in [2.05, 4.69) is 16.9 Å². The smallest absolute Gasteiger partial charge is 0.319 e. The van der Waals surface area contributed by atoms with Crippen molar-refractivity contribution in [1.82, 2.24) is 9.97 Å². The summed E-state index contributed by atoms with van der Waals surface area (Å²) in [5, 5.41) is 0. The summed E-state index contributed by atoms with van der Waals surface area (Å²) in [5.74, 6) is 0.614. The molecule has 15 heavy (non-hydrogen) atoms. The fourth-order valence-electron chi connectivity index (χ4n) is 1.93. The van der Waals surface area contributed by atoms with E-state index in [1.165, 1.54) is 7.11 Å². The van der Waals surface area contributed by atoms with Crippen molar-refractivity contribution in [2.24, 2.45) is 0 Å². The second kappa shape index (κ2) is 3.36. The van der Waals surface area contributed by atoms with Gasteiger partial charge in [-0.2, -0.15) is 0 Å². The molecule has 0 saturated heterocycles. The van der Waals surface area contributed by atoms with Crippen LogP contribution in [0.5, 0.6) is 0 Å². The minimum absolute atomic E-state index is 0.168. The number of nitrogens with zero attached hydrogens (tertiary/aromatic N) is 1. The van der Waals surface area contributed by atoms with Crippen LogP contribution in [0.2, 0.25) is 0 Å². The molecular formula is C11H16N2O2. The van der Waals surface area contributed by atoms with Gasteiger partial charge in [0.2, 0.25) is 0 Å². The highest BCUT2D eigenvalue weighted by molar-refractivity contribution is 5.85. The second-order valence-corrected chi connectivity index (χ2v) is 4.08. The fourth-order valence-corrected chi connectivity index (χ4v) is 1.93. The van der Waals surface area contributed by atoms with E-state index in [0.717, 1.165) is 36.5 Å². The van der Waals surface area contributed by atoms with Crippen molar-refractivity contribution in [1.29, 1.82) is 0 Å². The van der Waals surface area contributed by atoms with Crippen LogP contribution >= 0.6 is 0 Å². The van der Waals surface area contributed by atoms with Gasteiger partial charge in [-0.1, -0.05) is 6.92 Å². The molecule has 0 bridgehead atoms. The molecule has 1 aliphatic carbocycles. The molecule has 1 saturated carbocycles. The highest BCUT2D eigenvalue weighted by Crippen LogP contribution is 2.48. The van der Waals surface area contributed by atoms with E-state index in [4.69, 9.17) is 4.74 Å². The molecule has 0 aromatic carbocycles. The Morgan fingerprint density at radius 1 is 1.60 bits per heavy atom. The summed E-state index contributed by atoms with van der Waals surface area (Å²) in [6.45, 7) is 4.05. The van der Waals surface area contributed by atoms with E-state index in [9.17, 15) is 4.79 Å².